The van der Waals surface area contributed by atoms with E-state index < -0.39 is 10.8 Å². The Morgan fingerprint density at radius 3 is 1.56 bits per heavy atom. The van der Waals surface area contributed by atoms with Crippen LogP contribution in [-0.2, 0) is 32.5 Å². The Morgan fingerprint density at radius 2 is 0.888 bits per heavy atom. The average molecular weight is 1160 g/mol. The van der Waals surface area contributed by atoms with Gasteiger partial charge in [0.05, 0.1) is 27.9 Å². The van der Waals surface area contributed by atoms with E-state index in [2.05, 4.69) is 324 Å². The highest BCUT2D eigenvalue weighted by atomic mass is 16.3. The van der Waals surface area contributed by atoms with Crippen LogP contribution >= 0.6 is 0 Å². The molecule has 438 valence electrons. The number of anilines is 6. The van der Waals surface area contributed by atoms with Crippen LogP contribution in [-0.4, -0.2) is 0 Å². The molecule has 0 spiro atoms. The second kappa shape index (κ2) is 18.8. The first-order valence-corrected chi connectivity index (χ1v) is 31.9. The molecule has 1 aliphatic heterocycles. The number of nitrogens with zero attached hydrogens (tertiary/aromatic N) is 2. The zero-order chi connectivity index (χ0) is 61.5. The van der Waals surface area contributed by atoms with Crippen molar-refractivity contribution in [3.8, 4) is 22.3 Å². The van der Waals surface area contributed by atoms with Crippen molar-refractivity contribution < 1.29 is 8.83 Å². The maximum atomic E-state index is 7.77. The molecule has 0 bridgehead atoms. The Bertz CT molecular complexity index is 5050. The van der Waals surface area contributed by atoms with Gasteiger partial charge in [0.25, 0.3) is 0 Å². The molecule has 2 aliphatic carbocycles. The lowest BCUT2D eigenvalue weighted by atomic mass is 9.65. The number of benzene rings is 11. The first-order valence-electron chi connectivity index (χ1n) is 31.9. The zero-order valence-electron chi connectivity index (χ0n) is 53.6. The van der Waals surface area contributed by atoms with E-state index in [0.29, 0.717) is 0 Å². The van der Waals surface area contributed by atoms with Gasteiger partial charge in [0.1, 0.15) is 22.3 Å². The van der Waals surface area contributed by atoms with Crippen LogP contribution in [0.2, 0.25) is 0 Å². The van der Waals surface area contributed by atoms with Crippen molar-refractivity contribution in [2.45, 2.75) is 122 Å². The van der Waals surface area contributed by atoms with Gasteiger partial charge >= 0.3 is 0 Å². The molecule has 0 amide bonds. The van der Waals surface area contributed by atoms with Crippen LogP contribution in [0, 0.1) is 0 Å². The second-order valence-corrected chi connectivity index (χ2v) is 29.8. The summed E-state index contributed by atoms with van der Waals surface area (Å²) in [5.74, 6) is 0. The zero-order valence-corrected chi connectivity index (χ0v) is 53.6. The van der Waals surface area contributed by atoms with Crippen molar-refractivity contribution in [1.82, 2.24) is 0 Å². The van der Waals surface area contributed by atoms with Crippen molar-refractivity contribution in [1.29, 1.82) is 0 Å². The Hall–Kier alpha value is -9.38. The second-order valence-electron chi connectivity index (χ2n) is 29.8. The molecular weight excluding hydrogens is 1080 g/mol. The minimum Gasteiger partial charge on any atom is -0.456 e. The van der Waals surface area contributed by atoms with Gasteiger partial charge in [-0.1, -0.05) is 223 Å². The van der Waals surface area contributed by atoms with Crippen LogP contribution < -0.4 is 9.80 Å². The fourth-order valence-electron chi connectivity index (χ4n) is 15.7. The molecule has 11 aromatic carbocycles. The summed E-state index contributed by atoms with van der Waals surface area (Å²) in [6.07, 6.45) is 0. The lowest BCUT2D eigenvalue weighted by Crippen LogP contribution is -2.33. The van der Waals surface area contributed by atoms with Gasteiger partial charge in [-0.25, -0.2) is 0 Å². The van der Waals surface area contributed by atoms with Crippen LogP contribution in [0.3, 0.4) is 0 Å². The maximum absolute atomic E-state index is 7.77. The third kappa shape index (κ3) is 7.91. The smallest absolute Gasteiger partial charge is 0.145 e. The van der Waals surface area contributed by atoms with Gasteiger partial charge in [0.2, 0.25) is 0 Å². The maximum Gasteiger partial charge on any atom is 0.145 e. The van der Waals surface area contributed by atoms with Crippen LogP contribution in [0.25, 0.3) is 66.1 Å². The topological polar surface area (TPSA) is 32.8 Å². The Labute approximate surface area is 524 Å². The van der Waals surface area contributed by atoms with Gasteiger partial charge in [-0.15, -0.1) is 0 Å². The van der Waals surface area contributed by atoms with Crippen molar-refractivity contribution in [2.24, 2.45) is 0 Å². The van der Waals surface area contributed by atoms with Crippen LogP contribution in [0.1, 0.15) is 151 Å². The van der Waals surface area contributed by atoms with Gasteiger partial charge in [0, 0.05) is 44.2 Å². The van der Waals surface area contributed by atoms with E-state index in [1.165, 1.54) is 78.1 Å². The van der Waals surface area contributed by atoms with Gasteiger partial charge in [-0.3, -0.25) is 0 Å². The summed E-state index contributed by atoms with van der Waals surface area (Å²) in [4.78, 5) is 5.08. The summed E-state index contributed by atoms with van der Waals surface area (Å²) in [7, 11) is 0. The largest absolute Gasteiger partial charge is 0.456 e. The number of rotatable bonds is 6. The van der Waals surface area contributed by atoms with E-state index in [9.17, 15) is 0 Å². The molecule has 0 N–H and O–H groups in total. The molecule has 0 saturated heterocycles. The fraction of sp³-hybridized carbons (Fsp3) is 0.224. The molecule has 2 aromatic heterocycles. The molecule has 4 heteroatoms. The molecule has 0 radical (unpaired) electrons. The van der Waals surface area contributed by atoms with Gasteiger partial charge in [-0.2, -0.15) is 0 Å². The van der Waals surface area contributed by atoms with Crippen LogP contribution in [0.4, 0.5) is 34.1 Å². The number of fused-ring (bicyclic) bond motifs is 16. The summed E-state index contributed by atoms with van der Waals surface area (Å²) in [5.41, 5.74) is 26.9. The Kier molecular flexibility index (Phi) is 11.6. The molecule has 0 saturated carbocycles. The van der Waals surface area contributed by atoms with E-state index in [0.717, 1.165) is 83.3 Å². The van der Waals surface area contributed by atoms with Crippen molar-refractivity contribution >= 4 is 78.0 Å². The highest BCUT2D eigenvalue weighted by molar-refractivity contribution is 6.22. The number of para-hydroxylation sites is 3. The highest BCUT2D eigenvalue weighted by Gasteiger charge is 2.56. The Balaban J connectivity index is 1.13. The standard InChI is InChI=1S/C85H76N2O2/c1-80(2,3)51-31-33-54(34-32-51)85(56-40-46-73-63(48-56)62-47-55(83(10,11)12)39-45-72(62)88-73)66-50-70-78-75(60-25-17-19-27-64(60)84(78,13)65-28-20-21-29-68(65)87(70)59-43-37-53(38-44-59)82(7,8)9)76(66)77-67(85)49-69(74-61-26-18-22-30-71(61)89-79(74)77)86(57-23-15-14-16-24-57)58-41-35-52(36-42-58)81(4,5)6/h14-50H,1-13H3. The molecule has 4 nitrogen and oxygen atoms in total. The molecule has 16 rings (SSSR count). The molecule has 2 unspecified atom stereocenters. The van der Waals surface area contributed by atoms with E-state index in [4.69, 9.17) is 8.83 Å². The Morgan fingerprint density at radius 1 is 0.371 bits per heavy atom. The monoisotopic (exact) mass is 1160 g/mol. The minimum atomic E-state index is -0.973. The summed E-state index contributed by atoms with van der Waals surface area (Å²) in [6, 6.07) is 85.6. The summed E-state index contributed by atoms with van der Waals surface area (Å²) < 4.78 is 14.7. The number of hydrogen-bond donors (Lipinski definition) is 0. The SMILES string of the molecule is CC(C)(C)c1ccc(N2c3ccccc3C3(C)c4ccccc4-c4c5c(cc2c43)C(c2ccc(C(C)(C)C)cc2)(c2ccc3oc4ccc(C(C)(C)C)cc4c3c2)c2cc(N(c3ccccc3)c3ccc(C(C)(C)C)cc3)c3c(oc4ccccc43)c2-5)cc1. The van der Waals surface area contributed by atoms with Gasteiger partial charge in [0.15, 0.2) is 0 Å². The van der Waals surface area contributed by atoms with Crippen LogP contribution in [0.5, 0.6) is 0 Å². The molecule has 3 heterocycles. The third-order valence-corrected chi connectivity index (χ3v) is 20.3. The molecule has 0 fully saturated rings. The van der Waals surface area contributed by atoms with Crippen molar-refractivity contribution in [3.05, 3.63) is 286 Å². The lowest BCUT2D eigenvalue weighted by Gasteiger charge is -2.43. The predicted molar refractivity (Wildman–Crippen MR) is 373 cm³/mol. The molecule has 3 aliphatic rings. The fourth-order valence-corrected chi connectivity index (χ4v) is 15.7. The van der Waals surface area contributed by atoms with Crippen molar-refractivity contribution in [2.75, 3.05) is 9.80 Å². The van der Waals surface area contributed by atoms with E-state index in [1.807, 2.05) is 0 Å². The van der Waals surface area contributed by atoms with E-state index in [-0.39, 0.29) is 21.7 Å². The first kappa shape index (κ1) is 55.0. The van der Waals surface area contributed by atoms with Crippen molar-refractivity contribution in [3.63, 3.8) is 0 Å². The van der Waals surface area contributed by atoms with E-state index in [1.54, 1.807) is 0 Å². The molecular formula is C85H76N2O2. The quantitative estimate of drug-likeness (QED) is 0.166. The molecule has 89 heavy (non-hydrogen) atoms. The summed E-state index contributed by atoms with van der Waals surface area (Å²) >= 11 is 0. The average Bonchev–Trinajstić information content (AvgIpc) is 1.49. The predicted octanol–water partition coefficient (Wildman–Crippen LogP) is 23.6. The normalized spacial score (nSPS) is 16.9. The number of furan rings is 2. The van der Waals surface area contributed by atoms with Gasteiger partial charge < -0.3 is 18.6 Å². The molecule has 2 atom stereocenters. The van der Waals surface area contributed by atoms with Gasteiger partial charge in [-0.05, 0) is 191 Å². The van der Waals surface area contributed by atoms with E-state index >= 15 is 0 Å². The number of hydrogen-bond acceptors (Lipinski definition) is 4. The minimum absolute atomic E-state index is 0.0240. The summed E-state index contributed by atoms with van der Waals surface area (Å²) in [6.45, 7) is 30.1. The van der Waals surface area contributed by atoms with Crippen LogP contribution in [0.15, 0.2) is 233 Å². The first-order chi connectivity index (χ1) is 42.5. The highest BCUT2D eigenvalue weighted by Crippen LogP contribution is 2.70. The third-order valence-electron chi connectivity index (χ3n) is 20.3. The lowest BCUT2D eigenvalue weighted by molar-refractivity contribution is 0.589. The summed E-state index contributed by atoms with van der Waals surface area (Å²) in [5, 5.41) is 4.35. The molecule has 13 aromatic rings.